The number of pyridine rings is 1. The number of nitrogens with zero attached hydrogens (tertiary/aromatic N) is 1. The lowest BCUT2D eigenvalue weighted by Crippen LogP contribution is -2.08. The van der Waals surface area contributed by atoms with Crippen molar-refractivity contribution in [1.82, 2.24) is 4.98 Å². The second-order valence-electron chi connectivity index (χ2n) is 3.40. The minimum Gasteiger partial charge on any atom is -0.460 e. The van der Waals surface area contributed by atoms with Crippen LogP contribution in [-0.2, 0) is 4.74 Å². The number of fused-ring (bicyclic) bond motifs is 1. The molecule has 0 aliphatic rings. The Hall–Kier alpha value is -1.65. The van der Waals surface area contributed by atoms with Crippen LogP contribution in [0.1, 0.15) is 10.4 Å². The highest BCUT2D eigenvalue weighted by molar-refractivity contribution is 6.29. The largest absolute Gasteiger partial charge is 0.460 e. The Labute approximate surface area is 103 Å². The fourth-order valence-electron chi connectivity index (χ4n) is 1.45. The van der Waals surface area contributed by atoms with E-state index in [1.54, 1.807) is 30.3 Å². The maximum absolute atomic E-state index is 11.5. The van der Waals surface area contributed by atoms with Crippen LogP contribution in [0.15, 0.2) is 30.3 Å². The molecule has 1 aromatic carbocycles. The lowest BCUT2D eigenvalue weighted by Gasteiger charge is -2.04. The number of carbonyl (C=O) groups excluding carboxylic acids is 1. The molecule has 0 aliphatic heterocycles. The quantitative estimate of drug-likeness (QED) is 0.670. The summed E-state index contributed by atoms with van der Waals surface area (Å²) in [6.07, 6.45) is 0. The van der Waals surface area contributed by atoms with Crippen LogP contribution in [-0.4, -0.2) is 29.3 Å². The molecule has 0 saturated heterocycles. The highest BCUT2D eigenvalue weighted by atomic mass is 35.5. The molecule has 4 nitrogen and oxygen atoms in total. The number of halogens is 1. The van der Waals surface area contributed by atoms with Crippen LogP contribution in [0.3, 0.4) is 0 Å². The van der Waals surface area contributed by atoms with Crippen molar-refractivity contribution in [3.05, 3.63) is 41.0 Å². The van der Waals surface area contributed by atoms with E-state index in [1.165, 1.54) is 0 Å². The number of rotatable bonds is 3. The highest BCUT2D eigenvalue weighted by Crippen LogP contribution is 2.17. The lowest BCUT2D eigenvalue weighted by molar-refractivity contribution is 0.0434. The van der Waals surface area contributed by atoms with Crippen LogP contribution in [0, 0.1) is 0 Å². The van der Waals surface area contributed by atoms with Crippen LogP contribution < -0.4 is 0 Å². The summed E-state index contributed by atoms with van der Waals surface area (Å²) in [6, 6.07) is 8.45. The second-order valence-corrected chi connectivity index (χ2v) is 3.79. The van der Waals surface area contributed by atoms with Crippen LogP contribution in [0.5, 0.6) is 0 Å². The third-order valence-corrected chi connectivity index (χ3v) is 2.43. The van der Waals surface area contributed by atoms with E-state index in [-0.39, 0.29) is 13.2 Å². The van der Waals surface area contributed by atoms with Crippen LogP contribution >= 0.6 is 11.6 Å². The fourth-order valence-corrected chi connectivity index (χ4v) is 1.60. The number of esters is 1. The minimum absolute atomic E-state index is 0.00423. The Morgan fingerprint density at radius 1 is 1.35 bits per heavy atom. The van der Waals surface area contributed by atoms with Gasteiger partial charge in [-0.1, -0.05) is 11.6 Å². The number of carbonyl (C=O) groups is 1. The molecule has 2 aromatic rings. The van der Waals surface area contributed by atoms with Gasteiger partial charge in [0.15, 0.2) is 0 Å². The van der Waals surface area contributed by atoms with Crippen molar-refractivity contribution >= 4 is 28.5 Å². The summed E-state index contributed by atoms with van der Waals surface area (Å²) in [5.41, 5.74) is 1.14. The SMILES string of the molecule is O=C(OCCO)c1ccc2nc(Cl)ccc2c1. The van der Waals surface area contributed by atoms with Crippen LogP contribution in [0.4, 0.5) is 0 Å². The molecular formula is C12H10ClNO3. The molecule has 5 heteroatoms. The van der Waals surface area contributed by atoms with Gasteiger partial charge in [0.05, 0.1) is 17.7 Å². The molecule has 0 radical (unpaired) electrons. The number of benzene rings is 1. The van der Waals surface area contributed by atoms with Crippen molar-refractivity contribution in [2.45, 2.75) is 0 Å². The Balaban J connectivity index is 2.31. The number of hydrogen-bond donors (Lipinski definition) is 1. The average Bonchev–Trinajstić information content (AvgIpc) is 2.35. The zero-order valence-electron chi connectivity index (χ0n) is 8.89. The minimum atomic E-state index is -0.462. The van der Waals surface area contributed by atoms with Gasteiger partial charge in [-0.15, -0.1) is 0 Å². The van der Waals surface area contributed by atoms with Gasteiger partial charge in [-0.05, 0) is 30.3 Å². The molecule has 1 heterocycles. The molecule has 0 bridgehead atoms. The number of aliphatic hydroxyl groups is 1. The summed E-state index contributed by atoms with van der Waals surface area (Å²) < 4.78 is 4.81. The second kappa shape index (κ2) is 5.12. The third-order valence-electron chi connectivity index (χ3n) is 2.22. The molecule has 88 valence electrons. The van der Waals surface area contributed by atoms with Gasteiger partial charge in [0, 0.05) is 5.39 Å². The first kappa shape index (κ1) is 11.8. The van der Waals surface area contributed by atoms with Gasteiger partial charge in [-0.25, -0.2) is 9.78 Å². The van der Waals surface area contributed by atoms with Crippen molar-refractivity contribution < 1.29 is 14.6 Å². The van der Waals surface area contributed by atoms with E-state index in [9.17, 15) is 4.79 Å². The Morgan fingerprint density at radius 3 is 2.94 bits per heavy atom. The zero-order valence-corrected chi connectivity index (χ0v) is 9.65. The zero-order chi connectivity index (χ0) is 12.3. The van der Waals surface area contributed by atoms with E-state index >= 15 is 0 Å². The van der Waals surface area contributed by atoms with Crippen molar-refractivity contribution in [1.29, 1.82) is 0 Å². The van der Waals surface area contributed by atoms with Crippen molar-refractivity contribution in [2.75, 3.05) is 13.2 Å². The summed E-state index contributed by atoms with van der Waals surface area (Å²) in [5, 5.41) is 9.79. The maximum atomic E-state index is 11.5. The van der Waals surface area contributed by atoms with Crippen molar-refractivity contribution in [3.8, 4) is 0 Å². The predicted octanol–water partition coefficient (Wildman–Crippen LogP) is 2.04. The molecule has 1 aromatic heterocycles. The van der Waals surface area contributed by atoms with Gasteiger partial charge in [0.2, 0.25) is 0 Å². The molecule has 2 rings (SSSR count). The van der Waals surface area contributed by atoms with E-state index < -0.39 is 5.97 Å². The first-order valence-electron chi connectivity index (χ1n) is 5.05. The van der Waals surface area contributed by atoms with Gasteiger partial charge in [-0.2, -0.15) is 0 Å². The summed E-state index contributed by atoms with van der Waals surface area (Å²) >= 11 is 5.76. The molecular weight excluding hydrogens is 242 g/mol. The Bertz CT molecular complexity index is 556. The summed E-state index contributed by atoms with van der Waals surface area (Å²) in [5.74, 6) is -0.462. The lowest BCUT2D eigenvalue weighted by atomic mass is 10.1. The smallest absolute Gasteiger partial charge is 0.338 e. The van der Waals surface area contributed by atoms with Crippen LogP contribution in [0.25, 0.3) is 10.9 Å². The number of aromatic nitrogens is 1. The Morgan fingerprint density at radius 2 is 2.18 bits per heavy atom. The molecule has 1 N–H and O–H groups in total. The van der Waals surface area contributed by atoms with Gasteiger partial charge < -0.3 is 9.84 Å². The molecule has 0 spiro atoms. The van der Waals surface area contributed by atoms with E-state index in [0.717, 1.165) is 10.9 Å². The van der Waals surface area contributed by atoms with Gasteiger partial charge in [-0.3, -0.25) is 0 Å². The standard InChI is InChI=1S/C12H10ClNO3/c13-11-4-2-8-7-9(1-3-10(8)14-11)12(16)17-6-5-15/h1-4,7,15H,5-6H2. The number of aliphatic hydroxyl groups excluding tert-OH is 1. The fraction of sp³-hybridized carbons (Fsp3) is 0.167. The molecule has 0 atom stereocenters. The van der Waals surface area contributed by atoms with Gasteiger partial charge in [0.25, 0.3) is 0 Å². The summed E-state index contributed by atoms with van der Waals surface area (Å²) in [7, 11) is 0. The molecule has 0 fully saturated rings. The average molecular weight is 252 g/mol. The monoisotopic (exact) mass is 251 g/mol. The summed E-state index contributed by atoms with van der Waals surface area (Å²) in [6.45, 7) is -0.188. The van der Waals surface area contributed by atoms with Crippen molar-refractivity contribution in [3.63, 3.8) is 0 Å². The molecule has 17 heavy (non-hydrogen) atoms. The van der Waals surface area contributed by atoms with Crippen molar-refractivity contribution in [2.24, 2.45) is 0 Å². The van der Waals surface area contributed by atoms with E-state index in [2.05, 4.69) is 4.98 Å². The molecule has 0 aliphatic carbocycles. The van der Waals surface area contributed by atoms with Gasteiger partial charge in [0.1, 0.15) is 11.8 Å². The maximum Gasteiger partial charge on any atom is 0.338 e. The predicted molar refractivity (Wildman–Crippen MR) is 64.1 cm³/mol. The third kappa shape index (κ3) is 2.72. The topological polar surface area (TPSA) is 59.4 Å². The first-order valence-corrected chi connectivity index (χ1v) is 5.43. The van der Waals surface area contributed by atoms with E-state index in [1.807, 2.05) is 0 Å². The first-order chi connectivity index (χ1) is 8.20. The summed E-state index contributed by atoms with van der Waals surface area (Å²) in [4.78, 5) is 15.6. The highest BCUT2D eigenvalue weighted by Gasteiger charge is 2.07. The molecule has 0 amide bonds. The van der Waals surface area contributed by atoms with Crippen LogP contribution in [0.2, 0.25) is 5.15 Å². The normalized spacial score (nSPS) is 10.5. The number of ether oxygens (including phenoxy) is 1. The Kier molecular flexibility index (Phi) is 3.56. The number of hydrogen-bond acceptors (Lipinski definition) is 4. The molecule has 0 saturated carbocycles. The molecule has 0 unspecified atom stereocenters. The van der Waals surface area contributed by atoms with E-state index in [0.29, 0.717) is 10.7 Å². The van der Waals surface area contributed by atoms with Gasteiger partial charge >= 0.3 is 5.97 Å². The van der Waals surface area contributed by atoms with E-state index in [4.69, 9.17) is 21.4 Å².